The Balaban J connectivity index is 1.23. The maximum absolute atomic E-state index is 11.1. The Morgan fingerprint density at radius 1 is 1.05 bits per heavy atom. The van der Waals surface area contributed by atoms with Crippen molar-refractivity contribution in [1.29, 1.82) is 0 Å². The average molecular weight is 505 g/mol. The van der Waals surface area contributed by atoms with Gasteiger partial charge in [-0.1, -0.05) is 62.4 Å². The highest BCUT2D eigenvalue weighted by Gasteiger charge is 2.22. The lowest BCUT2D eigenvalue weighted by molar-refractivity contribution is -0.137. The zero-order chi connectivity index (χ0) is 26.2. The molecule has 1 atom stereocenters. The summed E-state index contributed by atoms with van der Waals surface area (Å²) in [4.78, 5) is 20.3. The van der Waals surface area contributed by atoms with Gasteiger partial charge in [0.15, 0.2) is 0 Å². The van der Waals surface area contributed by atoms with Crippen molar-refractivity contribution in [3.8, 4) is 5.75 Å². The first-order valence-electron chi connectivity index (χ1n) is 12.9. The van der Waals surface area contributed by atoms with Gasteiger partial charge in [-0.05, 0) is 40.9 Å². The monoisotopic (exact) mass is 504 g/mol. The van der Waals surface area contributed by atoms with E-state index in [-0.39, 0.29) is 18.3 Å². The van der Waals surface area contributed by atoms with Crippen molar-refractivity contribution in [2.24, 2.45) is 0 Å². The highest BCUT2D eigenvalue weighted by molar-refractivity contribution is 5.68. The van der Waals surface area contributed by atoms with Gasteiger partial charge < -0.3 is 19.3 Å². The van der Waals surface area contributed by atoms with Crippen molar-refractivity contribution in [3.63, 3.8) is 0 Å². The number of carboxylic acids is 1. The summed E-state index contributed by atoms with van der Waals surface area (Å²) in [5, 5.41) is 13.3. The molecule has 1 fully saturated rings. The normalized spacial score (nSPS) is 15.4. The molecule has 1 saturated heterocycles. The number of rotatable bonds is 11. The number of ether oxygens (including phenoxy) is 1. The van der Waals surface area contributed by atoms with Gasteiger partial charge in [-0.2, -0.15) is 4.98 Å². The Bertz CT molecular complexity index is 1160. The minimum absolute atomic E-state index is 0.0739. The molecule has 1 aliphatic rings. The quantitative estimate of drug-likeness (QED) is 0.355. The minimum atomic E-state index is -0.807. The van der Waals surface area contributed by atoms with Crippen molar-refractivity contribution >= 4 is 11.9 Å². The molecule has 1 N–H and O–H groups in total. The predicted molar refractivity (Wildman–Crippen MR) is 143 cm³/mol. The molecule has 0 spiro atoms. The van der Waals surface area contributed by atoms with Gasteiger partial charge in [0, 0.05) is 44.6 Å². The average Bonchev–Trinajstić information content (AvgIpc) is 3.40. The molecule has 37 heavy (non-hydrogen) atoms. The van der Waals surface area contributed by atoms with Crippen LogP contribution in [0.3, 0.4) is 0 Å². The van der Waals surface area contributed by atoms with Gasteiger partial charge in [-0.15, -0.1) is 0 Å². The van der Waals surface area contributed by atoms with E-state index in [2.05, 4.69) is 58.1 Å². The number of hydrogen-bond acceptors (Lipinski definition) is 7. The van der Waals surface area contributed by atoms with E-state index in [0.29, 0.717) is 18.4 Å². The van der Waals surface area contributed by atoms with E-state index in [1.807, 2.05) is 43.3 Å². The molecule has 2 heterocycles. The minimum Gasteiger partial charge on any atom is -0.489 e. The van der Waals surface area contributed by atoms with Gasteiger partial charge in [0.25, 0.3) is 5.95 Å². The molecule has 3 aromatic rings. The number of carboxylic acid groups (broad SMARTS) is 1. The second-order valence-electron chi connectivity index (χ2n) is 9.75. The highest BCUT2D eigenvalue weighted by atomic mass is 16.5. The molecular weight excluding hydrogens is 468 g/mol. The van der Waals surface area contributed by atoms with Gasteiger partial charge in [0.2, 0.25) is 5.89 Å². The fourth-order valence-corrected chi connectivity index (χ4v) is 4.39. The van der Waals surface area contributed by atoms with Crippen LogP contribution in [0.15, 0.2) is 65.2 Å². The third kappa shape index (κ3) is 7.43. The van der Waals surface area contributed by atoms with Crippen molar-refractivity contribution < 1.29 is 19.2 Å². The van der Waals surface area contributed by atoms with Crippen LogP contribution in [0.5, 0.6) is 5.75 Å². The summed E-state index contributed by atoms with van der Waals surface area (Å²) in [7, 11) is 0. The van der Waals surface area contributed by atoms with E-state index < -0.39 is 5.97 Å². The lowest BCUT2D eigenvalue weighted by atomic mass is 9.95. The summed E-state index contributed by atoms with van der Waals surface area (Å²) in [6.07, 6.45) is 3.88. The standard InChI is InChI=1S/C29H36N4O4/c1-4-5-25(18-27(34)35)24-10-12-26(13-11-24)36-20-23-8-6-22(7-9-23)19-32-14-16-33(17-15-32)29-30-28(21(2)3)37-31-29/h4-13,21,25H,14-20H2,1-3H3,(H,34,35)/t25-/m1/s1. The van der Waals surface area contributed by atoms with Crippen LogP contribution in [0.2, 0.25) is 0 Å². The Morgan fingerprint density at radius 2 is 1.73 bits per heavy atom. The van der Waals surface area contributed by atoms with Crippen LogP contribution in [0.25, 0.3) is 0 Å². The first-order chi connectivity index (χ1) is 17.9. The smallest absolute Gasteiger partial charge is 0.304 e. The SMILES string of the molecule is CC=C[C@H](CC(=O)O)c1ccc(OCc2ccc(CN3CCN(c4noc(C(C)C)n4)CC3)cc2)cc1. The second kappa shape index (κ2) is 12.5. The summed E-state index contributed by atoms with van der Waals surface area (Å²) < 4.78 is 11.3. The van der Waals surface area contributed by atoms with E-state index in [0.717, 1.165) is 49.6 Å². The maximum atomic E-state index is 11.1. The molecule has 0 radical (unpaired) electrons. The summed E-state index contributed by atoms with van der Waals surface area (Å²) >= 11 is 0. The van der Waals surface area contributed by atoms with Crippen LogP contribution < -0.4 is 9.64 Å². The van der Waals surface area contributed by atoms with Gasteiger partial charge in [0.1, 0.15) is 12.4 Å². The maximum Gasteiger partial charge on any atom is 0.304 e. The number of benzene rings is 2. The van der Waals surface area contributed by atoms with Crippen LogP contribution in [0.4, 0.5) is 5.95 Å². The van der Waals surface area contributed by atoms with E-state index in [4.69, 9.17) is 14.4 Å². The molecule has 0 amide bonds. The fraction of sp³-hybridized carbons (Fsp3) is 0.414. The second-order valence-corrected chi connectivity index (χ2v) is 9.75. The Hall–Kier alpha value is -3.65. The summed E-state index contributed by atoms with van der Waals surface area (Å²) in [6, 6.07) is 16.2. The van der Waals surface area contributed by atoms with E-state index >= 15 is 0 Å². The van der Waals surface area contributed by atoms with Crippen molar-refractivity contribution in [3.05, 3.63) is 83.3 Å². The lowest BCUT2D eigenvalue weighted by Gasteiger charge is -2.33. The number of piperazine rings is 1. The topological polar surface area (TPSA) is 91.9 Å². The summed E-state index contributed by atoms with van der Waals surface area (Å²) in [6.45, 7) is 11.1. The van der Waals surface area contributed by atoms with Crippen molar-refractivity contribution in [2.75, 3.05) is 31.1 Å². The molecule has 8 heteroatoms. The van der Waals surface area contributed by atoms with E-state index in [1.54, 1.807) is 0 Å². The largest absolute Gasteiger partial charge is 0.489 e. The van der Waals surface area contributed by atoms with Gasteiger partial charge in [0.05, 0.1) is 6.42 Å². The van der Waals surface area contributed by atoms with Gasteiger partial charge in [-0.3, -0.25) is 9.69 Å². The molecule has 196 valence electrons. The molecule has 2 aromatic carbocycles. The van der Waals surface area contributed by atoms with E-state index in [9.17, 15) is 4.79 Å². The summed E-state index contributed by atoms with van der Waals surface area (Å²) in [5.41, 5.74) is 3.35. The molecule has 8 nitrogen and oxygen atoms in total. The van der Waals surface area contributed by atoms with Crippen LogP contribution in [0.1, 0.15) is 61.6 Å². The van der Waals surface area contributed by atoms with Crippen molar-refractivity contribution in [2.45, 2.75) is 52.2 Å². The van der Waals surface area contributed by atoms with Crippen LogP contribution >= 0.6 is 0 Å². The lowest BCUT2D eigenvalue weighted by Crippen LogP contribution is -2.46. The molecule has 0 saturated carbocycles. The zero-order valence-electron chi connectivity index (χ0n) is 21.8. The first kappa shape index (κ1) is 26.4. The van der Waals surface area contributed by atoms with Crippen molar-refractivity contribution in [1.82, 2.24) is 15.0 Å². The predicted octanol–water partition coefficient (Wildman–Crippen LogP) is 5.23. The third-order valence-corrected chi connectivity index (χ3v) is 6.54. The molecular formula is C29H36N4O4. The number of carbonyl (C=O) groups is 1. The molecule has 4 rings (SSSR count). The number of aliphatic carboxylic acids is 1. The molecule has 0 unspecified atom stereocenters. The van der Waals surface area contributed by atoms with Crippen LogP contribution in [-0.4, -0.2) is 52.3 Å². The molecule has 0 bridgehead atoms. The highest BCUT2D eigenvalue weighted by Crippen LogP contribution is 2.24. The third-order valence-electron chi connectivity index (χ3n) is 6.54. The number of nitrogens with zero attached hydrogens (tertiary/aromatic N) is 4. The number of anilines is 1. The van der Waals surface area contributed by atoms with Gasteiger partial charge >= 0.3 is 5.97 Å². The zero-order valence-corrected chi connectivity index (χ0v) is 21.8. The van der Waals surface area contributed by atoms with E-state index in [1.165, 1.54) is 5.56 Å². The number of aromatic nitrogens is 2. The Kier molecular flexibility index (Phi) is 8.95. The number of allylic oxidation sites excluding steroid dienone is 2. The Morgan fingerprint density at radius 3 is 2.32 bits per heavy atom. The fourth-order valence-electron chi connectivity index (χ4n) is 4.39. The number of hydrogen-bond donors (Lipinski definition) is 1. The molecule has 0 aliphatic carbocycles. The van der Waals surface area contributed by atoms with Crippen LogP contribution in [0, 0.1) is 0 Å². The molecule has 1 aromatic heterocycles. The molecule has 1 aliphatic heterocycles. The van der Waals surface area contributed by atoms with Gasteiger partial charge in [-0.25, -0.2) is 0 Å². The first-order valence-corrected chi connectivity index (χ1v) is 12.9. The Labute approximate surface area is 218 Å². The summed E-state index contributed by atoms with van der Waals surface area (Å²) in [5.74, 6) is 1.44. The van der Waals surface area contributed by atoms with Crippen LogP contribution in [-0.2, 0) is 17.9 Å².